The maximum absolute atomic E-state index is 13.2. The number of nitrogens with zero attached hydrogens (tertiary/aromatic N) is 2. The van der Waals surface area contributed by atoms with E-state index in [0.29, 0.717) is 18.7 Å². The Hall–Kier alpha value is -2.30. The van der Waals surface area contributed by atoms with E-state index in [1.807, 2.05) is 12.1 Å². The van der Waals surface area contributed by atoms with Gasteiger partial charge in [-0.1, -0.05) is 31.5 Å². The van der Waals surface area contributed by atoms with E-state index in [9.17, 15) is 9.59 Å². The Kier molecular flexibility index (Phi) is 5.66. The number of piperidine rings is 2. The van der Waals surface area contributed by atoms with Gasteiger partial charge in [0.15, 0.2) is 0 Å². The minimum atomic E-state index is 0.0881. The van der Waals surface area contributed by atoms with Crippen LogP contribution in [0, 0.1) is 12.3 Å². The molecule has 29 heavy (non-hydrogen) atoms. The number of likely N-dealkylation sites (tertiary alicyclic amines) is 2. The van der Waals surface area contributed by atoms with E-state index in [1.54, 1.807) is 0 Å². The second-order valence-corrected chi connectivity index (χ2v) is 9.04. The van der Waals surface area contributed by atoms with Crippen LogP contribution in [0.4, 0.5) is 0 Å². The zero-order chi connectivity index (χ0) is 20.4. The summed E-state index contributed by atoms with van der Waals surface area (Å²) >= 11 is 0. The summed E-state index contributed by atoms with van der Waals surface area (Å²) < 4.78 is 0. The fourth-order valence-electron chi connectivity index (χ4n) is 5.23. The molecule has 3 heterocycles. The predicted octanol–water partition coefficient (Wildman–Crippen LogP) is 4.05. The summed E-state index contributed by atoms with van der Waals surface area (Å²) in [5.74, 6) is 0.510. The summed E-state index contributed by atoms with van der Waals surface area (Å²) in [7, 11) is 0. The highest BCUT2D eigenvalue weighted by molar-refractivity contribution is 5.90. The third kappa shape index (κ3) is 4.05. The number of H-pyrrole nitrogens is 1. The number of rotatable bonds is 5. The Morgan fingerprint density at radius 2 is 2.03 bits per heavy atom. The van der Waals surface area contributed by atoms with E-state index in [2.05, 4.69) is 40.8 Å². The van der Waals surface area contributed by atoms with E-state index in [4.69, 9.17) is 0 Å². The molecule has 2 saturated heterocycles. The van der Waals surface area contributed by atoms with Gasteiger partial charge < -0.3 is 14.8 Å². The Balaban J connectivity index is 1.47. The third-order valence-electron chi connectivity index (χ3n) is 6.90. The summed E-state index contributed by atoms with van der Waals surface area (Å²) in [5.41, 5.74) is 3.39. The molecule has 1 spiro atoms. The fraction of sp³-hybridized carbons (Fsp3) is 0.583. The highest BCUT2D eigenvalue weighted by Gasteiger charge is 2.42. The molecule has 0 radical (unpaired) electrons. The first-order valence-corrected chi connectivity index (χ1v) is 11.1. The minimum Gasteiger partial charge on any atom is -0.358 e. The number of carbonyl (C=O) groups is 2. The average Bonchev–Trinajstić information content (AvgIpc) is 3.04. The smallest absolute Gasteiger partial charge is 0.227 e. The number of unbranched alkanes of at least 4 members (excludes halogenated alkanes) is 1. The highest BCUT2D eigenvalue weighted by Crippen LogP contribution is 2.39. The monoisotopic (exact) mass is 395 g/mol. The van der Waals surface area contributed by atoms with Crippen LogP contribution in [0.2, 0.25) is 0 Å². The van der Waals surface area contributed by atoms with Gasteiger partial charge in [-0.2, -0.15) is 0 Å². The van der Waals surface area contributed by atoms with Gasteiger partial charge in [-0.15, -0.1) is 0 Å². The lowest BCUT2D eigenvalue weighted by molar-refractivity contribution is -0.142. The summed E-state index contributed by atoms with van der Waals surface area (Å²) in [5, 5.41) is 1.15. The van der Waals surface area contributed by atoms with Gasteiger partial charge >= 0.3 is 0 Å². The second-order valence-electron chi connectivity index (χ2n) is 9.04. The van der Waals surface area contributed by atoms with Gasteiger partial charge in [-0.25, -0.2) is 0 Å². The number of nitrogens with one attached hydrogen (secondary N) is 1. The minimum absolute atomic E-state index is 0.0881. The molecular weight excluding hydrogens is 362 g/mol. The van der Waals surface area contributed by atoms with Crippen LogP contribution in [0.25, 0.3) is 10.9 Å². The molecular formula is C24H33N3O2. The molecule has 4 rings (SSSR count). The molecule has 2 fully saturated rings. The van der Waals surface area contributed by atoms with Crippen molar-refractivity contribution in [1.82, 2.24) is 14.8 Å². The number of aromatic nitrogens is 1. The molecule has 1 aromatic carbocycles. The van der Waals surface area contributed by atoms with E-state index in [1.165, 1.54) is 0 Å². The molecule has 0 bridgehead atoms. The molecule has 0 unspecified atom stereocenters. The van der Waals surface area contributed by atoms with Crippen molar-refractivity contribution in [1.29, 1.82) is 0 Å². The van der Waals surface area contributed by atoms with Gasteiger partial charge in [-0.05, 0) is 44.2 Å². The van der Waals surface area contributed by atoms with Gasteiger partial charge in [0.2, 0.25) is 11.8 Å². The summed E-state index contributed by atoms with van der Waals surface area (Å²) in [6, 6.07) is 8.21. The molecule has 2 aliphatic rings. The van der Waals surface area contributed by atoms with Gasteiger partial charge in [0.25, 0.3) is 0 Å². The SMILES string of the molecule is CCCCN1C[C@@]2(CCCN(C(=O)Cc3c(C)[nH]c4ccccc34)C2)CCC1=O. The molecule has 0 aliphatic carbocycles. The Morgan fingerprint density at radius 1 is 1.21 bits per heavy atom. The molecule has 1 N–H and O–H groups in total. The summed E-state index contributed by atoms with van der Waals surface area (Å²) in [6.07, 6.45) is 6.32. The lowest BCUT2D eigenvalue weighted by Gasteiger charge is -2.48. The number of carbonyl (C=O) groups excluding carboxylic acids is 2. The maximum Gasteiger partial charge on any atom is 0.227 e. The van der Waals surface area contributed by atoms with Crippen molar-refractivity contribution < 1.29 is 9.59 Å². The van der Waals surface area contributed by atoms with Crippen LogP contribution in [0.15, 0.2) is 24.3 Å². The van der Waals surface area contributed by atoms with E-state index < -0.39 is 0 Å². The number of fused-ring (bicyclic) bond motifs is 1. The number of aryl methyl sites for hydroxylation is 1. The maximum atomic E-state index is 13.2. The first-order valence-electron chi connectivity index (χ1n) is 11.1. The number of amides is 2. The van der Waals surface area contributed by atoms with E-state index >= 15 is 0 Å². The third-order valence-corrected chi connectivity index (χ3v) is 6.90. The van der Waals surface area contributed by atoms with Crippen LogP contribution < -0.4 is 0 Å². The van der Waals surface area contributed by atoms with Gasteiger partial charge in [0.05, 0.1) is 6.42 Å². The molecule has 0 saturated carbocycles. The van der Waals surface area contributed by atoms with Gasteiger partial charge in [0, 0.05) is 54.6 Å². The molecule has 2 aromatic rings. The lowest BCUT2D eigenvalue weighted by Crippen LogP contribution is -2.55. The Labute approximate surface area is 173 Å². The number of benzene rings is 1. The normalized spacial score (nSPS) is 22.6. The summed E-state index contributed by atoms with van der Waals surface area (Å²) in [6.45, 7) is 7.53. The lowest BCUT2D eigenvalue weighted by atomic mass is 9.73. The number of hydrogen-bond donors (Lipinski definition) is 1. The number of hydrogen-bond acceptors (Lipinski definition) is 2. The largest absolute Gasteiger partial charge is 0.358 e. The van der Waals surface area contributed by atoms with Gasteiger partial charge in [-0.3, -0.25) is 9.59 Å². The first kappa shape index (κ1) is 20.0. The van der Waals surface area contributed by atoms with Crippen molar-refractivity contribution >= 4 is 22.7 Å². The van der Waals surface area contributed by atoms with Crippen LogP contribution >= 0.6 is 0 Å². The second kappa shape index (κ2) is 8.21. The van der Waals surface area contributed by atoms with Crippen LogP contribution in [0.5, 0.6) is 0 Å². The molecule has 2 aliphatic heterocycles. The topological polar surface area (TPSA) is 56.4 Å². The van der Waals surface area contributed by atoms with E-state index in [0.717, 1.165) is 80.4 Å². The van der Waals surface area contributed by atoms with Crippen LogP contribution in [0.3, 0.4) is 0 Å². The van der Waals surface area contributed by atoms with Gasteiger partial charge in [0.1, 0.15) is 0 Å². The molecule has 2 amide bonds. The van der Waals surface area contributed by atoms with E-state index in [-0.39, 0.29) is 11.3 Å². The van der Waals surface area contributed by atoms with Crippen LogP contribution in [-0.4, -0.2) is 52.8 Å². The molecule has 1 atom stereocenters. The molecule has 1 aromatic heterocycles. The zero-order valence-corrected chi connectivity index (χ0v) is 17.8. The van der Waals surface area contributed by atoms with Crippen LogP contribution in [0.1, 0.15) is 56.7 Å². The summed E-state index contributed by atoms with van der Waals surface area (Å²) in [4.78, 5) is 33.1. The standard InChI is InChI=1S/C24H33N3O2/c1-3-4-13-26-16-24(12-10-22(26)28)11-7-14-27(17-24)23(29)15-20-18(2)25-21-9-6-5-8-19(20)21/h5-6,8-9,25H,3-4,7,10-17H2,1-2H3/t24-/m1/s1. The quantitative estimate of drug-likeness (QED) is 0.830. The Bertz CT molecular complexity index is 903. The fourth-order valence-corrected chi connectivity index (χ4v) is 5.23. The zero-order valence-electron chi connectivity index (χ0n) is 17.8. The average molecular weight is 396 g/mol. The van der Waals surface area contributed by atoms with Crippen LogP contribution in [-0.2, 0) is 16.0 Å². The molecule has 5 heteroatoms. The Morgan fingerprint density at radius 3 is 2.86 bits per heavy atom. The first-order chi connectivity index (χ1) is 14.0. The number of aromatic amines is 1. The van der Waals surface area contributed by atoms with Crippen molar-refractivity contribution in [3.05, 3.63) is 35.5 Å². The highest BCUT2D eigenvalue weighted by atomic mass is 16.2. The van der Waals surface area contributed by atoms with Crippen molar-refractivity contribution in [2.24, 2.45) is 5.41 Å². The van der Waals surface area contributed by atoms with Crippen molar-refractivity contribution in [2.45, 2.75) is 58.8 Å². The number of para-hydroxylation sites is 1. The van der Waals surface area contributed by atoms with Crippen molar-refractivity contribution in [2.75, 3.05) is 26.2 Å². The molecule has 156 valence electrons. The van der Waals surface area contributed by atoms with Crippen molar-refractivity contribution in [3.63, 3.8) is 0 Å². The molecule has 5 nitrogen and oxygen atoms in total. The predicted molar refractivity (Wildman–Crippen MR) is 116 cm³/mol. The van der Waals surface area contributed by atoms with Crippen molar-refractivity contribution in [3.8, 4) is 0 Å².